The van der Waals surface area contributed by atoms with Gasteiger partial charge in [-0.05, 0) is 36.8 Å². The Bertz CT molecular complexity index is 1140. The molecule has 0 saturated heterocycles. The first-order valence-corrected chi connectivity index (χ1v) is 9.92. The van der Waals surface area contributed by atoms with E-state index in [2.05, 4.69) is 5.32 Å². The van der Waals surface area contributed by atoms with E-state index in [0.29, 0.717) is 11.4 Å². The van der Waals surface area contributed by atoms with Gasteiger partial charge in [0.15, 0.2) is 11.5 Å². The van der Waals surface area contributed by atoms with Crippen LogP contribution in [0.1, 0.15) is 24.1 Å². The van der Waals surface area contributed by atoms with Crippen molar-refractivity contribution in [2.24, 2.45) is 0 Å². The van der Waals surface area contributed by atoms with Crippen LogP contribution in [0, 0.1) is 5.82 Å². The van der Waals surface area contributed by atoms with Gasteiger partial charge in [0.25, 0.3) is 5.91 Å². The lowest BCUT2D eigenvalue weighted by molar-refractivity contribution is -0.123. The van der Waals surface area contributed by atoms with E-state index in [0.717, 1.165) is 5.56 Å². The van der Waals surface area contributed by atoms with Gasteiger partial charge in [0, 0.05) is 5.56 Å². The first kappa shape index (κ1) is 20.3. The highest BCUT2D eigenvalue weighted by Crippen LogP contribution is 2.35. The fourth-order valence-electron chi connectivity index (χ4n) is 3.41. The molecular formula is C25H21FN2O3. The largest absolute Gasteiger partial charge is 0.449 e. The minimum atomic E-state index is -0.510. The maximum atomic E-state index is 14.1. The second-order valence-corrected chi connectivity index (χ2v) is 7.19. The lowest BCUT2D eigenvalue weighted by Gasteiger charge is -2.30. The summed E-state index contributed by atoms with van der Waals surface area (Å²) in [5.41, 5.74) is 1.68. The summed E-state index contributed by atoms with van der Waals surface area (Å²) in [5, 5.41) is 2.92. The summed E-state index contributed by atoms with van der Waals surface area (Å²) >= 11 is 0. The van der Waals surface area contributed by atoms with Crippen LogP contribution in [0.4, 0.5) is 10.1 Å². The monoisotopic (exact) mass is 416 g/mol. The molecule has 5 nitrogen and oxygen atoms in total. The number of halogens is 1. The van der Waals surface area contributed by atoms with Crippen LogP contribution >= 0.6 is 0 Å². The minimum absolute atomic E-state index is 0.0484. The molecule has 3 aromatic carbocycles. The van der Waals surface area contributed by atoms with Gasteiger partial charge in [0.1, 0.15) is 12.4 Å². The molecule has 1 N–H and O–H groups in total. The van der Waals surface area contributed by atoms with E-state index in [1.165, 1.54) is 17.0 Å². The zero-order valence-corrected chi connectivity index (χ0v) is 16.9. The third kappa shape index (κ3) is 4.48. The van der Waals surface area contributed by atoms with Gasteiger partial charge in [-0.2, -0.15) is 0 Å². The van der Waals surface area contributed by atoms with Crippen molar-refractivity contribution in [3.05, 3.63) is 102 Å². The van der Waals surface area contributed by atoms with Gasteiger partial charge in [-0.1, -0.05) is 60.7 Å². The quantitative estimate of drug-likeness (QED) is 0.625. The molecule has 0 spiro atoms. The number of nitrogens with one attached hydrogen (secondary N) is 1. The molecule has 31 heavy (non-hydrogen) atoms. The third-order valence-electron chi connectivity index (χ3n) is 5.00. The molecule has 1 atom stereocenters. The summed E-state index contributed by atoms with van der Waals surface area (Å²) < 4.78 is 19.8. The topological polar surface area (TPSA) is 58.6 Å². The number of hydrogen-bond acceptors (Lipinski definition) is 3. The van der Waals surface area contributed by atoms with Gasteiger partial charge in [-0.25, -0.2) is 4.39 Å². The summed E-state index contributed by atoms with van der Waals surface area (Å²) in [7, 11) is 0. The van der Waals surface area contributed by atoms with Crippen molar-refractivity contribution in [1.29, 1.82) is 0 Å². The van der Waals surface area contributed by atoms with Crippen molar-refractivity contribution in [2.45, 2.75) is 13.0 Å². The molecule has 0 bridgehead atoms. The van der Waals surface area contributed by atoms with E-state index >= 15 is 0 Å². The second kappa shape index (κ2) is 8.83. The molecule has 0 radical (unpaired) electrons. The normalized spacial score (nSPS) is 15.2. The predicted octanol–water partition coefficient (Wildman–Crippen LogP) is 4.47. The molecule has 1 aliphatic rings. The lowest BCUT2D eigenvalue weighted by atomic mass is 10.1. The number of carbonyl (C=O) groups excluding carboxylic acids is 2. The zero-order valence-electron chi connectivity index (χ0n) is 16.9. The van der Waals surface area contributed by atoms with Crippen LogP contribution < -0.4 is 15.0 Å². The molecule has 6 heteroatoms. The lowest BCUT2D eigenvalue weighted by Crippen LogP contribution is -2.44. The van der Waals surface area contributed by atoms with E-state index < -0.39 is 11.7 Å². The van der Waals surface area contributed by atoms with E-state index in [4.69, 9.17) is 4.74 Å². The molecule has 0 unspecified atom stereocenters. The molecule has 0 saturated carbocycles. The molecule has 1 heterocycles. The Morgan fingerprint density at radius 3 is 2.48 bits per heavy atom. The number of hydrogen-bond donors (Lipinski definition) is 1. The highest BCUT2D eigenvalue weighted by atomic mass is 19.1. The van der Waals surface area contributed by atoms with E-state index in [9.17, 15) is 14.0 Å². The summed E-state index contributed by atoms with van der Waals surface area (Å²) in [5.74, 6) is -0.913. The highest BCUT2D eigenvalue weighted by molar-refractivity contribution is 6.12. The number of nitrogens with zero attached hydrogens (tertiary/aromatic N) is 1. The second-order valence-electron chi connectivity index (χ2n) is 7.19. The molecule has 0 aromatic heterocycles. The number of carbonyl (C=O) groups is 2. The molecule has 2 amide bonds. The Balaban J connectivity index is 1.59. The molecule has 0 aliphatic carbocycles. The minimum Gasteiger partial charge on any atom is -0.449 e. The number of rotatable bonds is 5. The molecule has 4 rings (SSSR count). The van der Waals surface area contributed by atoms with Crippen molar-refractivity contribution in [3.8, 4) is 5.75 Å². The van der Waals surface area contributed by atoms with Crippen molar-refractivity contribution < 1.29 is 18.7 Å². The number of benzene rings is 3. The predicted molar refractivity (Wildman–Crippen MR) is 117 cm³/mol. The smallest absolute Gasteiger partial charge is 0.294 e. The van der Waals surface area contributed by atoms with Crippen LogP contribution in [-0.2, 0) is 9.59 Å². The van der Waals surface area contributed by atoms with Crippen LogP contribution in [0.3, 0.4) is 0 Å². The van der Waals surface area contributed by atoms with Gasteiger partial charge in [-0.15, -0.1) is 0 Å². The van der Waals surface area contributed by atoms with Gasteiger partial charge in [0.2, 0.25) is 5.91 Å². The molecular weight excluding hydrogens is 395 g/mol. The van der Waals surface area contributed by atoms with Gasteiger partial charge in [-0.3, -0.25) is 14.5 Å². The van der Waals surface area contributed by atoms with E-state index in [1.807, 2.05) is 37.3 Å². The van der Waals surface area contributed by atoms with Crippen molar-refractivity contribution in [3.63, 3.8) is 0 Å². The van der Waals surface area contributed by atoms with Crippen LogP contribution in [0.2, 0.25) is 0 Å². The Labute approximate surface area is 179 Å². The van der Waals surface area contributed by atoms with E-state index in [-0.39, 0.29) is 29.8 Å². The number of para-hydroxylation sites is 2. The number of amides is 2. The van der Waals surface area contributed by atoms with Crippen molar-refractivity contribution in [2.75, 3.05) is 11.4 Å². The summed E-state index contributed by atoms with van der Waals surface area (Å²) in [6, 6.07) is 22.4. The van der Waals surface area contributed by atoms with Gasteiger partial charge in [0.05, 0.1) is 11.7 Å². The summed E-state index contributed by atoms with van der Waals surface area (Å²) in [6.07, 6.45) is 1.35. The molecule has 1 aliphatic heterocycles. The Hall–Kier alpha value is -3.93. The number of fused-ring (bicyclic) bond motifs is 1. The Morgan fingerprint density at radius 2 is 1.71 bits per heavy atom. The van der Waals surface area contributed by atoms with Crippen molar-refractivity contribution in [1.82, 2.24) is 5.32 Å². The van der Waals surface area contributed by atoms with E-state index in [1.54, 1.807) is 42.5 Å². The first-order chi connectivity index (χ1) is 15.0. The Kier molecular flexibility index (Phi) is 5.80. The number of anilines is 1. The van der Waals surface area contributed by atoms with Crippen molar-refractivity contribution >= 4 is 23.6 Å². The molecule has 156 valence electrons. The highest BCUT2D eigenvalue weighted by Gasteiger charge is 2.32. The number of ether oxygens (including phenoxy) is 1. The molecule has 0 fully saturated rings. The zero-order chi connectivity index (χ0) is 21.8. The summed E-state index contributed by atoms with van der Waals surface area (Å²) in [6.45, 7) is 1.69. The van der Waals surface area contributed by atoms with Gasteiger partial charge < -0.3 is 10.1 Å². The van der Waals surface area contributed by atoms with Crippen LogP contribution in [0.5, 0.6) is 5.75 Å². The van der Waals surface area contributed by atoms with Gasteiger partial charge >= 0.3 is 0 Å². The van der Waals surface area contributed by atoms with Crippen LogP contribution in [0.15, 0.2) is 84.6 Å². The fraction of sp³-hybridized carbons (Fsp3) is 0.120. The molecule has 3 aromatic rings. The van der Waals surface area contributed by atoms with Crippen LogP contribution in [0.25, 0.3) is 6.08 Å². The maximum absolute atomic E-state index is 14.1. The maximum Gasteiger partial charge on any atom is 0.294 e. The average molecular weight is 416 g/mol. The summed E-state index contributed by atoms with van der Waals surface area (Å²) in [4.78, 5) is 27.2. The Morgan fingerprint density at radius 1 is 1.03 bits per heavy atom. The average Bonchev–Trinajstić information content (AvgIpc) is 2.78. The third-order valence-corrected chi connectivity index (χ3v) is 5.00. The SMILES string of the molecule is C[C@@H](NC(=O)CN1C(=O)/C(=C/c2ccccc2F)Oc2ccccc21)c1ccccc1. The first-order valence-electron chi connectivity index (χ1n) is 9.92. The fourth-order valence-corrected chi connectivity index (χ4v) is 3.41. The van der Waals surface area contributed by atoms with Crippen LogP contribution in [-0.4, -0.2) is 18.4 Å². The standard InChI is InChI=1S/C25H21FN2O3/c1-17(18-9-3-2-4-10-18)27-24(29)16-28-21-13-7-8-14-22(21)31-23(25(28)30)15-19-11-5-6-12-20(19)26/h2-15,17H,16H2,1H3,(H,27,29)/b23-15-/t17-/m1/s1.